The lowest BCUT2D eigenvalue weighted by atomic mass is 9.98. The molecule has 2 aliphatic rings. The summed E-state index contributed by atoms with van der Waals surface area (Å²) < 4.78 is 0. The molecule has 0 radical (unpaired) electrons. The minimum atomic E-state index is -0.686. The number of rotatable bonds is 3. The Bertz CT molecular complexity index is 407. The molecule has 0 spiro atoms. The van der Waals surface area contributed by atoms with Gasteiger partial charge in [0.25, 0.3) is 0 Å². The molecule has 20 heavy (non-hydrogen) atoms. The number of allylic oxidation sites excluding steroid dienone is 3. The van der Waals surface area contributed by atoms with E-state index in [0.717, 1.165) is 23.2 Å². The van der Waals surface area contributed by atoms with Crippen LogP contribution in [0.1, 0.15) is 20.3 Å². The molecule has 3 atom stereocenters. The zero-order valence-electron chi connectivity index (χ0n) is 12.2. The van der Waals surface area contributed by atoms with E-state index in [1.165, 1.54) is 0 Å². The van der Waals surface area contributed by atoms with E-state index in [0.29, 0.717) is 6.42 Å². The number of hydrogen-bond acceptors (Lipinski definition) is 4. The summed E-state index contributed by atoms with van der Waals surface area (Å²) >= 11 is 1.60. The van der Waals surface area contributed by atoms with Crippen LogP contribution in [0.25, 0.3) is 0 Å². The van der Waals surface area contributed by atoms with Gasteiger partial charge >= 0.3 is 0 Å². The zero-order chi connectivity index (χ0) is 15.1. The molecule has 0 aromatic carbocycles. The quantitative estimate of drug-likeness (QED) is 0.784. The number of hydrogen-bond donors (Lipinski definition) is 2. The van der Waals surface area contributed by atoms with Crippen LogP contribution >= 0.6 is 11.8 Å². The van der Waals surface area contributed by atoms with Gasteiger partial charge in [-0.25, -0.2) is 4.99 Å². The molecule has 2 rings (SSSR count). The molecular weight excluding hydrogens is 272 g/mol. The molecule has 4 nitrogen and oxygen atoms in total. The van der Waals surface area contributed by atoms with Crippen LogP contribution in [0, 0.1) is 0 Å². The topological polar surface area (TPSA) is 56.1 Å². The molecule has 0 aromatic rings. The highest BCUT2D eigenvalue weighted by molar-refractivity contribution is 8.14. The molecule has 2 heterocycles. The summed E-state index contributed by atoms with van der Waals surface area (Å²) in [5.74, 6) is 0.759. The number of aliphatic hydroxyl groups excluding tert-OH is 2. The van der Waals surface area contributed by atoms with Crippen molar-refractivity contribution in [2.45, 2.75) is 38.5 Å². The molecule has 0 bridgehead atoms. The number of piperidine rings is 1. The second kappa shape index (κ2) is 8.29. The molecule has 2 fully saturated rings. The van der Waals surface area contributed by atoms with Gasteiger partial charge in [0.2, 0.25) is 0 Å². The van der Waals surface area contributed by atoms with Gasteiger partial charge in [0.15, 0.2) is 5.17 Å². The molecule has 0 aromatic heterocycles. The van der Waals surface area contributed by atoms with Crippen molar-refractivity contribution in [2.24, 2.45) is 4.99 Å². The lowest BCUT2D eigenvalue weighted by Gasteiger charge is -2.37. The van der Waals surface area contributed by atoms with Gasteiger partial charge < -0.3 is 15.1 Å². The number of aliphatic hydroxyl groups is 2. The van der Waals surface area contributed by atoms with Gasteiger partial charge in [0.05, 0.1) is 17.8 Å². The summed E-state index contributed by atoms with van der Waals surface area (Å²) in [6.07, 6.45) is 4.42. The summed E-state index contributed by atoms with van der Waals surface area (Å²) in [4.78, 5) is 6.58. The Balaban J connectivity index is 0.000000956. The van der Waals surface area contributed by atoms with Crippen molar-refractivity contribution in [1.29, 1.82) is 0 Å². The van der Waals surface area contributed by atoms with Gasteiger partial charge in [-0.2, -0.15) is 0 Å². The number of thioether (sulfide) groups is 1. The third-order valence-corrected chi connectivity index (χ3v) is 4.30. The standard InChI is InChI=1S/C13H18N2O2S.C2H6/c1-3-5-9(4-2)14-13-15-7-6-11(16)12(17)10(15)8-18-13;1-2/h3-5,10-12,16-17H,1-2,6-8H2;1-2H3/b9-5+,14-13?;. The Hall–Kier alpha value is -1.04. The number of fused-ring (bicyclic) bond motifs is 1. The van der Waals surface area contributed by atoms with Crippen molar-refractivity contribution in [2.75, 3.05) is 12.3 Å². The van der Waals surface area contributed by atoms with Gasteiger partial charge in [-0.1, -0.05) is 44.8 Å². The average Bonchev–Trinajstić information content (AvgIpc) is 2.88. The van der Waals surface area contributed by atoms with Crippen LogP contribution in [0.3, 0.4) is 0 Å². The smallest absolute Gasteiger partial charge is 0.164 e. The minimum absolute atomic E-state index is 0.0349. The van der Waals surface area contributed by atoms with Crippen LogP contribution in [-0.2, 0) is 0 Å². The van der Waals surface area contributed by atoms with Crippen LogP contribution < -0.4 is 0 Å². The Labute approximate surface area is 125 Å². The predicted molar refractivity (Wildman–Crippen MR) is 86.8 cm³/mol. The van der Waals surface area contributed by atoms with E-state index in [-0.39, 0.29) is 6.04 Å². The van der Waals surface area contributed by atoms with Crippen molar-refractivity contribution < 1.29 is 10.2 Å². The summed E-state index contributed by atoms with van der Waals surface area (Å²) in [7, 11) is 0. The van der Waals surface area contributed by atoms with Crippen LogP contribution in [0.5, 0.6) is 0 Å². The third-order valence-electron chi connectivity index (χ3n) is 3.21. The first-order chi connectivity index (χ1) is 9.67. The highest BCUT2D eigenvalue weighted by atomic mass is 32.2. The summed E-state index contributed by atoms with van der Waals surface area (Å²) in [5, 5.41) is 20.5. The molecule has 112 valence electrons. The minimum Gasteiger partial charge on any atom is -0.390 e. The lowest BCUT2D eigenvalue weighted by Crippen LogP contribution is -2.53. The first-order valence-electron chi connectivity index (χ1n) is 6.96. The van der Waals surface area contributed by atoms with Gasteiger partial charge in [0.1, 0.15) is 6.10 Å². The van der Waals surface area contributed by atoms with Crippen LogP contribution in [-0.4, -0.2) is 50.8 Å². The fourth-order valence-corrected chi connectivity index (χ4v) is 3.46. The SMILES string of the molecule is C=C/C=C(\C=C)N=C1SCC2C(O)C(O)CCN12.CC. The van der Waals surface area contributed by atoms with Gasteiger partial charge in [0, 0.05) is 12.3 Å². The fourth-order valence-electron chi connectivity index (χ4n) is 2.20. The molecule has 2 saturated heterocycles. The predicted octanol–water partition coefficient (Wildman–Crippen LogP) is 2.17. The Morgan fingerprint density at radius 2 is 2.10 bits per heavy atom. The van der Waals surface area contributed by atoms with Crippen molar-refractivity contribution in [3.63, 3.8) is 0 Å². The van der Waals surface area contributed by atoms with Crippen LogP contribution in [0.15, 0.2) is 42.1 Å². The van der Waals surface area contributed by atoms with E-state index in [9.17, 15) is 10.2 Å². The fraction of sp³-hybridized carbons (Fsp3) is 0.533. The van der Waals surface area contributed by atoms with E-state index >= 15 is 0 Å². The van der Waals surface area contributed by atoms with Crippen molar-refractivity contribution in [1.82, 2.24) is 4.90 Å². The monoisotopic (exact) mass is 296 g/mol. The van der Waals surface area contributed by atoms with Crippen LogP contribution in [0.4, 0.5) is 0 Å². The van der Waals surface area contributed by atoms with Crippen LogP contribution in [0.2, 0.25) is 0 Å². The third kappa shape index (κ3) is 3.75. The molecule has 0 amide bonds. The van der Waals surface area contributed by atoms with Crippen molar-refractivity contribution >= 4 is 16.9 Å². The van der Waals surface area contributed by atoms with E-state index in [1.54, 1.807) is 30.0 Å². The zero-order valence-corrected chi connectivity index (χ0v) is 13.0. The highest BCUT2D eigenvalue weighted by Crippen LogP contribution is 2.32. The Morgan fingerprint density at radius 1 is 1.40 bits per heavy atom. The molecule has 3 unspecified atom stereocenters. The van der Waals surface area contributed by atoms with Crippen molar-refractivity contribution in [3.8, 4) is 0 Å². The normalized spacial score (nSPS) is 31.4. The summed E-state index contributed by atoms with van der Waals surface area (Å²) in [6.45, 7) is 12.1. The number of aliphatic imine (C=N–C) groups is 1. The van der Waals surface area contributed by atoms with E-state index in [2.05, 4.69) is 23.1 Å². The number of amidine groups is 1. The Morgan fingerprint density at radius 3 is 2.70 bits per heavy atom. The average molecular weight is 296 g/mol. The maximum atomic E-state index is 9.95. The molecule has 0 saturated carbocycles. The van der Waals surface area contributed by atoms with E-state index in [1.807, 2.05) is 13.8 Å². The van der Waals surface area contributed by atoms with Gasteiger partial charge in [-0.15, -0.1) is 0 Å². The molecule has 2 N–H and O–H groups in total. The largest absolute Gasteiger partial charge is 0.390 e. The summed E-state index contributed by atoms with van der Waals surface area (Å²) in [5.41, 5.74) is 0.758. The second-order valence-corrected chi connectivity index (χ2v) is 5.33. The van der Waals surface area contributed by atoms with Crippen molar-refractivity contribution in [3.05, 3.63) is 37.1 Å². The van der Waals surface area contributed by atoms with E-state index in [4.69, 9.17) is 0 Å². The highest BCUT2D eigenvalue weighted by Gasteiger charge is 2.41. The maximum Gasteiger partial charge on any atom is 0.164 e. The maximum absolute atomic E-state index is 9.95. The summed E-state index contributed by atoms with van der Waals surface area (Å²) in [6, 6.07) is -0.0349. The van der Waals surface area contributed by atoms with Gasteiger partial charge in [-0.3, -0.25) is 0 Å². The second-order valence-electron chi connectivity index (χ2n) is 4.34. The lowest BCUT2D eigenvalue weighted by molar-refractivity contribution is -0.0470. The van der Waals surface area contributed by atoms with E-state index < -0.39 is 12.2 Å². The molecule has 5 heteroatoms. The first kappa shape index (κ1) is 17.0. The van der Waals surface area contributed by atoms with Gasteiger partial charge in [-0.05, 0) is 18.6 Å². The molecule has 2 aliphatic heterocycles. The molecular formula is C15H24N2O2S. The molecule has 0 aliphatic carbocycles. The number of nitrogens with zero attached hydrogens (tertiary/aromatic N) is 2. The first-order valence-corrected chi connectivity index (χ1v) is 7.95. The Kier molecular flexibility index (Phi) is 7.05.